The van der Waals surface area contributed by atoms with Crippen LogP contribution >= 0.6 is 11.6 Å². The minimum atomic E-state index is -0.429. The standard InChI is InChI=1S/C21H17ClN4O/c1-14-2-4-15(5-3-14)12-24-21(27)17(11-23)10-18-13-25-26-20(18)16-6-8-19(22)9-7-16/h2-10,13H,12H2,1H3,(H,24,27)(H,25,26)/b17-10-. The summed E-state index contributed by atoms with van der Waals surface area (Å²) in [7, 11) is 0. The van der Waals surface area contributed by atoms with Gasteiger partial charge in [-0.15, -0.1) is 0 Å². The zero-order chi connectivity index (χ0) is 19.2. The Morgan fingerprint density at radius 3 is 2.59 bits per heavy atom. The molecule has 134 valence electrons. The second-order valence-corrected chi connectivity index (χ2v) is 6.48. The Balaban J connectivity index is 1.77. The van der Waals surface area contributed by atoms with Crippen molar-refractivity contribution in [2.24, 2.45) is 0 Å². The zero-order valence-electron chi connectivity index (χ0n) is 14.7. The summed E-state index contributed by atoms with van der Waals surface area (Å²) in [6.45, 7) is 2.36. The van der Waals surface area contributed by atoms with Gasteiger partial charge in [0.05, 0.1) is 11.9 Å². The lowest BCUT2D eigenvalue weighted by atomic mass is 10.1. The van der Waals surface area contributed by atoms with Crippen LogP contribution in [0.4, 0.5) is 0 Å². The van der Waals surface area contributed by atoms with E-state index in [2.05, 4.69) is 15.5 Å². The maximum Gasteiger partial charge on any atom is 0.262 e. The molecule has 0 saturated heterocycles. The van der Waals surface area contributed by atoms with Crippen LogP contribution < -0.4 is 5.32 Å². The van der Waals surface area contributed by atoms with Crippen molar-refractivity contribution in [2.75, 3.05) is 0 Å². The molecule has 27 heavy (non-hydrogen) atoms. The molecule has 0 atom stereocenters. The normalized spacial score (nSPS) is 11.1. The minimum absolute atomic E-state index is 0.0127. The summed E-state index contributed by atoms with van der Waals surface area (Å²) in [5, 5.41) is 19.7. The topological polar surface area (TPSA) is 81.6 Å². The van der Waals surface area contributed by atoms with Crippen molar-refractivity contribution in [3.63, 3.8) is 0 Å². The molecule has 0 bridgehead atoms. The highest BCUT2D eigenvalue weighted by Crippen LogP contribution is 2.24. The molecule has 1 amide bonds. The van der Waals surface area contributed by atoms with Crippen molar-refractivity contribution in [3.05, 3.63) is 82.0 Å². The van der Waals surface area contributed by atoms with Crippen LogP contribution in [0.3, 0.4) is 0 Å². The summed E-state index contributed by atoms with van der Waals surface area (Å²) >= 11 is 5.92. The van der Waals surface area contributed by atoms with Gasteiger partial charge in [-0.25, -0.2) is 0 Å². The molecule has 1 aromatic heterocycles. The quantitative estimate of drug-likeness (QED) is 0.515. The zero-order valence-corrected chi connectivity index (χ0v) is 15.4. The van der Waals surface area contributed by atoms with Crippen LogP contribution in [0.5, 0.6) is 0 Å². The van der Waals surface area contributed by atoms with Gasteiger partial charge in [-0.2, -0.15) is 10.4 Å². The van der Waals surface area contributed by atoms with Crippen LogP contribution in [0, 0.1) is 18.3 Å². The Hall–Kier alpha value is -3.36. The van der Waals surface area contributed by atoms with Gasteiger partial charge in [0.15, 0.2) is 0 Å². The predicted molar refractivity (Wildman–Crippen MR) is 106 cm³/mol. The highest BCUT2D eigenvalue weighted by molar-refractivity contribution is 6.30. The van der Waals surface area contributed by atoms with Gasteiger partial charge in [-0.1, -0.05) is 53.6 Å². The number of H-pyrrole nitrogens is 1. The van der Waals surface area contributed by atoms with E-state index in [-0.39, 0.29) is 5.57 Å². The Kier molecular flexibility index (Phi) is 5.70. The lowest BCUT2D eigenvalue weighted by molar-refractivity contribution is -0.117. The van der Waals surface area contributed by atoms with E-state index in [1.807, 2.05) is 49.4 Å². The number of aryl methyl sites for hydroxylation is 1. The van der Waals surface area contributed by atoms with Crippen LogP contribution in [-0.2, 0) is 11.3 Å². The second-order valence-electron chi connectivity index (χ2n) is 6.05. The van der Waals surface area contributed by atoms with Crippen molar-refractivity contribution < 1.29 is 4.79 Å². The number of hydrogen-bond acceptors (Lipinski definition) is 3. The molecular weight excluding hydrogens is 360 g/mol. The van der Waals surface area contributed by atoms with Gasteiger partial charge < -0.3 is 5.32 Å². The number of aromatic nitrogens is 2. The third-order valence-electron chi connectivity index (χ3n) is 4.04. The summed E-state index contributed by atoms with van der Waals surface area (Å²) in [5.74, 6) is -0.429. The average Bonchev–Trinajstić information content (AvgIpc) is 3.14. The largest absolute Gasteiger partial charge is 0.347 e. The molecular formula is C21H17ClN4O. The van der Waals surface area contributed by atoms with Gasteiger partial charge in [0.25, 0.3) is 5.91 Å². The van der Waals surface area contributed by atoms with E-state index in [0.717, 1.165) is 16.7 Å². The molecule has 1 heterocycles. The van der Waals surface area contributed by atoms with Crippen molar-refractivity contribution in [1.29, 1.82) is 5.26 Å². The number of hydrogen-bond donors (Lipinski definition) is 2. The number of amides is 1. The van der Waals surface area contributed by atoms with E-state index in [1.54, 1.807) is 18.3 Å². The van der Waals surface area contributed by atoms with Crippen LogP contribution in [-0.4, -0.2) is 16.1 Å². The molecule has 6 heteroatoms. The first-order valence-electron chi connectivity index (χ1n) is 8.31. The number of aromatic amines is 1. The van der Waals surface area contributed by atoms with E-state index in [4.69, 9.17) is 11.6 Å². The lowest BCUT2D eigenvalue weighted by Gasteiger charge is -2.05. The molecule has 0 saturated carbocycles. The first kappa shape index (κ1) is 18.4. The monoisotopic (exact) mass is 376 g/mol. The molecule has 0 aliphatic carbocycles. The van der Waals surface area contributed by atoms with Gasteiger partial charge >= 0.3 is 0 Å². The van der Waals surface area contributed by atoms with Crippen LogP contribution in [0.25, 0.3) is 17.3 Å². The Bertz CT molecular complexity index is 1010. The van der Waals surface area contributed by atoms with Crippen molar-refractivity contribution in [1.82, 2.24) is 15.5 Å². The number of halogens is 1. The molecule has 3 rings (SSSR count). The smallest absolute Gasteiger partial charge is 0.262 e. The van der Waals surface area contributed by atoms with E-state index in [9.17, 15) is 10.1 Å². The molecule has 0 aliphatic heterocycles. The first-order chi connectivity index (χ1) is 13.1. The molecule has 0 spiro atoms. The van der Waals surface area contributed by atoms with Gasteiger partial charge in [0.2, 0.25) is 0 Å². The SMILES string of the molecule is Cc1ccc(CNC(=O)/C(C#N)=C\c2cn[nH]c2-c2ccc(Cl)cc2)cc1. The molecule has 2 N–H and O–H groups in total. The van der Waals surface area contributed by atoms with Gasteiger partial charge in [0, 0.05) is 22.7 Å². The number of carbonyl (C=O) groups excluding carboxylic acids is 1. The molecule has 3 aromatic rings. The number of nitrogens with one attached hydrogen (secondary N) is 2. The summed E-state index contributed by atoms with van der Waals surface area (Å²) in [6, 6.07) is 17.0. The number of benzene rings is 2. The van der Waals surface area contributed by atoms with Gasteiger partial charge in [0.1, 0.15) is 11.6 Å². The number of rotatable bonds is 5. The molecule has 0 radical (unpaired) electrons. The van der Waals surface area contributed by atoms with Gasteiger partial charge in [-0.3, -0.25) is 9.89 Å². The Morgan fingerprint density at radius 1 is 1.22 bits per heavy atom. The predicted octanol–water partition coefficient (Wildman–Crippen LogP) is 4.26. The number of nitrogens with zero attached hydrogens (tertiary/aromatic N) is 2. The maximum absolute atomic E-state index is 12.4. The van der Waals surface area contributed by atoms with E-state index in [0.29, 0.717) is 22.8 Å². The van der Waals surface area contributed by atoms with Crippen LogP contribution in [0.1, 0.15) is 16.7 Å². The highest BCUT2D eigenvalue weighted by atomic mass is 35.5. The summed E-state index contributed by atoms with van der Waals surface area (Å²) in [5.41, 5.74) is 4.36. The summed E-state index contributed by atoms with van der Waals surface area (Å²) in [4.78, 5) is 12.4. The molecule has 0 fully saturated rings. The first-order valence-corrected chi connectivity index (χ1v) is 8.69. The van der Waals surface area contributed by atoms with Gasteiger partial charge in [-0.05, 0) is 30.7 Å². The lowest BCUT2D eigenvalue weighted by Crippen LogP contribution is -2.23. The van der Waals surface area contributed by atoms with Crippen LogP contribution in [0.2, 0.25) is 5.02 Å². The van der Waals surface area contributed by atoms with E-state index >= 15 is 0 Å². The molecule has 2 aromatic carbocycles. The van der Waals surface area contributed by atoms with Crippen molar-refractivity contribution in [3.8, 4) is 17.3 Å². The second kappa shape index (κ2) is 8.35. The molecule has 0 aliphatic rings. The van der Waals surface area contributed by atoms with Crippen molar-refractivity contribution in [2.45, 2.75) is 13.5 Å². The maximum atomic E-state index is 12.4. The molecule has 5 nitrogen and oxygen atoms in total. The Labute approximate surface area is 162 Å². The third kappa shape index (κ3) is 4.63. The van der Waals surface area contributed by atoms with Crippen molar-refractivity contribution >= 4 is 23.6 Å². The fourth-order valence-corrected chi connectivity index (χ4v) is 2.67. The fraction of sp³-hybridized carbons (Fsp3) is 0.0952. The third-order valence-corrected chi connectivity index (χ3v) is 4.29. The summed E-state index contributed by atoms with van der Waals surface area (Å²) in [6.07, 6.45) is 3.10. The number of nitriles is 1. The highest BCUT2D eigenvalue weighted by Gasteiger charge is 2.12. The Morgan fingerprint density at radius 2 is 1.93 bits per heavy atom. The van der Waals surface area contributed by atoms with E-state index in [1.165, 1.54) is 6.08 Å². The molecule has 0 unspecified atom stereocenters. The summed E-state index contributed by atoms with van der Waals surface area (Å²) < 4.78 is 0. The van der Waals surface area contributed by atoms with E-state index < -0.39 is 5.91 Å². The minimum Gasteiger partial charge on any atom is -0.347 e. The average molecular weight is 377 g/mol. The number of carbonyl (C=O) groups is 1. The fourth-order valence-electron chi connectivity index (χ4n) is 2.54. The van der Waals surface area contributed by atoms with Crippen LogP contribution in [0.15, 0.2) is 60.3 Å².